The number of carbonyl (C=O) groups is 2. The standard InChI is InChI=1S/C19H28N4O3/c1-4-6-14(3)23-13-19(26-18(23)25)7-9-22(10-8-19)17(24)15-11-20-16(5-2)21-12-15/h11-12,14H,4-10,13H2,1-3H3/t14-/m1/s1. The van der Waals surface area contributed by atoms with Gasteiger partial charge in [0, 0.05) is 50.8 Å². The maximum Gasteiger partial charge on any atom is 0.410 e. The minimum atomic E-state index is -0.446. The fourth-order valence-corrected chi connectivity index (χ4v) is 3.77. The number of carbonyl (C=O) groups excluding carboxylic acids is 2. The van der Waals surface area contributed by atoms with Gasteiger partial charge < -0.3 is 14.5 Å². The zero-order valence-corrected chi connectivity index (χ0v) is 15.9. The molecule has 2 aliphatic heterocycles. The van der Waals surface area contributed by atoms with Gasteiger partial charge in [-0.2, -0.15) is 0 Å². The second-order valence-electron chi connectivity index (χ2n) is 7.35. The van der Waals surface area contributed by atoms with Crippen molar-refractivity contribution in [1.82, 2.24) is 19.8 Å². The number of hydrogen-bond donors (Lipinski definition) is 0. The average Bonchev–Trinajstić information content (AvgIpc) is 2.98. The third-order valence-electron chi connectivity index (χ3n) is 5.47. The fraction of sp³-hybridized carbons (Fsp3) is 0.684. The van der Waals surface area contributed by atoms with Crippen LogP contribution in [0.25, 0.3) is 0 Å². The van der Waals surface area contributed by atoms with Crippen LogP contribution in [0.1, 0.15) is 62.6 Å². The van der Waals surface area contributed by atoms with E-state index in [0.29, 0.717) is 38.0 Å². The maximum absolute atomic E-state index is 12.7. The van der Waals surface area contributed by atoms with Crippen LogP contribution in [0.3, 0.4) is 0 Å². The third kappa shape index (κ3) is 3.66. The van der Waals surface area contributed by atoms with Crippen LogP contribution in [0.5, 0.6) is 0 Å². The zero-order valence-electron chi connectivity index (χ0n) is 15.9. The highest BCUT2D eigenvalue weighted by molar-refractivity contribution is 5.93. The van der Waals surface area contributed by atoms with E-state index in [4.69, 9.17) is 4.74 Å². The summed E-state index contributed by atoms with van der Waals surface area (Å²) in [4.78, 5) is 37.0. The van der Waals surface area contributed by atoms with E-state index >= 15 is 0 Å². The topological polar surface area (TPSA) is 75.6 Å². The molecule has 0 unspecified atom stereocenters. The molecular weight excluding hydrogens is 332 g/mol. The summed E-state index contributed by atoms with van der Waals surface area (Å²) in [5.41, 5.74) is 0.0677. The maximum atomic E-state index is 12.7. The Morgan fingerprint density at radius 1 is 1.27 bits per heavy atom. The predicted octanol–water partition coefficient (Wildman–Crippen LogP) is 2.65. The molecule has 3 rings (SSSR count). The number of likely N-dealkylation sites (tertiary alicyclic amines) is 1. The van der Waals surface area contributed by atoms with Crippen molar-refractivity contribution >= 4 is 12.0 Å². The van der Waals surface area contributed by atoms with Crippen molar-refractivity contribution < 1.29 is 14.3 Å². The van der Waals surface area contributed by atoms with Crippen molar-refractivity contribution in [3.05, 3.63) is 23.8 Å². The first kappa shape index (κ1) is 18.6. The Balaban J connectivity index is 1.60. The van der Waals surface area contributed by atoms with E-state index in [1.807, 2.05) is 16.7 Å². The Hall–Kier alpha value is -2.18. The molecule has 0 aromatic carbocycles. The van der Waals surface area contributed by atoms with E-state index < -0.39 is 5.60 Å². The summed E-state index contributed by atoms with van der Waals surface area (Å²) >= 11 is 0. The predicted molar refractivity (Wildman–Crippen MR) is 96.8 cm³/mol. The molecule has 1 atom stereocenters. The average molecular weight is 360 g/mol. The number of rotatable bonds is 5. The Kier molecular flexibility index (Phi) is 5.44. The number of piperidine rings is 1. The summed E-state index contributed by atoms with van der Waals surface area (Å²) in [5, 5.41) is 0. The lowest BCUT2D eigenvalue weighted by Gasteiger charge is -2.37. The summed E-state index contributed by atoms with van der Waals surface area (Å²) in [6, 6.07) is 0.195. The van der Waals surface area contributed by atoms with Crippen molar-refractivity contribution in [2.45, 2.75) is 64.5 Å². The smallest absolute Gasteiger partial charge is 0.410 e. The Bertz CT molecular complexity index is 653. The molecule has 0 bridgehead atoms. The van der Waals surface area contributed by atoms with Crippen LogP contribution in [0.2, 0.25) is 0 Å². The first-order chi connectivity index (χ1) is 12.5. The Morgan fingerprint density at radius 2 is 1.92 bits per heavy atom. The van der Waals surface area contributed by atoms with Gasteiger partial charge in [-0.05, 0) is 13.3 Å². The van der Waals surface area contributed by atoms with E-state index in [1.54, 1.807) is 12.4 Å². The molecule has 26 heavy (non-hydrogen) atoms. The monoisotopic (exact) mass is 360 g/mol. The van der Waals surface area contributed by atoms with Crippen LogP contribution in [-0.4, -0.2) is 63.0 Å². The summed E-state index contributed by atoms with van der Waals surface area (Å²) in [6.07, 6.45) is 7.10. The van der Waals surface area contributed by atoms with Gasteiger partial charge in [0.05, 0.1) is 12.1 Å². The number of nitrogens with zero attached hydrogens (tertiary/aromatic N) is 4. The van der Waals surface area contributed by atoms with E-state index in [9.17, 15) is 9.59 Å². The SMILES string of the molecule is CCC[C@@H](C)N1CC2(CCN(C(=O)c3cnc(CC)nc3)CC2)OC1=O. The fourth-order valence-electron chi connectivity index (χ4n) is 3.77. The molecular formula is C19H28N4O3. The van der Waals surface area contributed by atoms with E-state index in [1.165, 1.54) is 0 Å². The summed E-state index contributed by atoms with van der Waals surface area (Å²) in [5.74, 6) is 0.682. The summed E-state index contributed by atoms with van der Waals surface area (Å²) in [6.45, 7) is 7.96. The van der Waals surface area contributed by atoms with Crippen LogP contribution < -0.4 is 0 Å². The van der Waals surface area contributed by atoms with Crippen LogP contribution in [0.15, 0.2) is 12.4 Å². The number of amides is 2. The van der Waals surface area contributed by atoms with Gasteiger partial charge in [0.1, 0.15) is 11.4 Å². The first-order valence-electron chi connectivity index (χ1n) is 9.58. The first-order valence-corrected chi connectivity index (χ1v) is 9.58. The molecule has 1 spiro atoms. The Morgan fingerprint density at radius 3 is 2.50 bits per heavy atom. The highest BCUT2D eigenvalue weighted by Crippen LogP contribution is 2.35. The molecule has 2 aliphatic rings. The lowest BCUT2D eigenvalue weighted by molar-refractivity contribution is 0.00304. The number of ether oxygens (including phenoxy) is 1. The Labute approximate surface area is 154 Å². The van der Waals surface area contributed by atoms with Crippen molar-refractivity contribution in [1.29, 1.82) is 0 Å². The van der Waals surface area contributed by atoms with E-state index in [-0.39, 0.29) is 18.0 Å². The molecule has 0 aliphatic carbocycles. The van der Waals surface area contributed by atoms with Crippen LogP contribution in [0.4, 0.5) is 4.79 Å². The van der Waals surface area contributed by atoms with Crippen molar-refractivity contribution in [2.75, 3.05) is 19.6 Å². The van der Waals surface area contributed by atoms with Gasteiger partial charge in [0.2, 0.25) is 0 Å². The highest BCUT2D eigenvalue weighted by atomic mass is 16.6. The van der Waals surface area contributed by atoms with Crippen LogP contribution in [0, 0.1) is 0 Å². The second-order valence-corrected chi connectivity index (χ2v) is 7.35. The molecule has 2 amide bonds. The van der Waals surface area contributed by atoms with Gasteiger partial charge >= 0.3 is 6.09 Å². The number of aryl methyl sites for hydroxylation is 1. The second kappa shape index (κ2) is 7.60. The third-order valence-corrected chi connectivity index (χ3v) is 5.47. The number of aromatic nitrogens is 2. The van der Waals surface area contributed by atoms with Gasteiger partial charge in [-0.3, -0.25) is 4.79 Å². The minimum absolute atomic E-state index is 0.0527. The molecule has 1 aromatic rings. The molecule has 0 radical (unpaired) electrons. The summed E-state index contributed by atoms with van der Waals surface area (Å²) < 4.78 is 5.76. The molecule has 7 nitrogen and oxygen atoms in total. The van der Waals surface area contributed by atoms with Crippen molar-refractivity contribution in [3.8, 4) is 0 Å². The normalized spacial score (nSPS) is 20.3. The zero-order chi connectivity index (χ0) is 18.7. The highest BCUT2D eigenvalue weighted by Gasteiger charge is 2.48. The molecule has 0 N–H and O–H groups in total. The summed E-state index contributed by atoms with van der Waals surface area (Å²) in [7, 11) is 0. The lowest BCUT2D eigenvalue weighted by Crippen LogP contribution is -2.49. The molecule has 1 aromatic heterocycles. The molecule has 0 saturated carbocycles. The van der Waals surface area contributed by atoms with E-state index in [2.05, 4.69) is 23.8 Å². The van der Waals surface area contributed by atoms with Gasteiger partial charge in [-0.15, -0.1) is 0 Å². The molecule has 2 fully saturated rings. The van der Waals surface area contributed by atoms with E-state index in [0.717, 1.165) is 25.1 Å². The number of hydrogen-bond acceptors (Lipinski definition) is 5. The van der Waals surface area contributed by atoms with Gasteiger partial charge in [-0.1, -0.05) is 20.3 Å². The van der Waals surface area contributed by atoms with Gasteiger partial charge in [-0.25, -0.2) is 14.8 Å². The lowest BCUT2D eigenvalue weighted by atomic mass is 9.90. The largest absolute Gasteiger partial charge is 0.441 e. The molecule has 142 valence electrons. The minimum Gasteiger partial charge on any atom is -0.441 e. The van der Waals surface area contributed by atoms with Crippen molar-refractivity contribution in [2.24, 2.45) is 0 Å². The van der Waals surface area contributed by atoms with Crippen LogP contribution in [-0.2, 0) is 11.2 Å². The van der Waals surface area contributed by atoms with Gasteiger partial charge in [0.15, 0.2) is 0 Å². The quantitative estimate of drug-likeness (QED) is 0.807. The molecule has 7 heteroatoms. The molecule has 3 heterocycles. The van der Waals surface area contributed by atoms with Gasteiger partial charge in [0.25, 0.3) is 5.91 Å². The molecule has 2 saturated heterocycles. The van der Waals surface area contributed by atoms with Crippen molar-refractivity contribution in [3.63, 3.8) is 0 Å². The van der Waals surface area contributed by atoms with Crippen LogP contribution >= 0.6 is 0 Å².